The zero-order chi connectivity index (χ0) is 25.2. The molecule has 0 heterocycles. The minimum Gasteiger partial charge on any atom is -0.406 e. The van der Waals surface area contributed by atoms with Crippen LogP contribution in [0.1, 0.15) is 96.3 Å². The van der Waals surface area contributed by atoms with Crippen LogP contribution in [0.2, 0.25) is 0 Å². The van der Waals surface area contributed by atoms with Crippen molar-refractivity contribution in [2.75, 3.05) is 0 Å². The lowest BCUT2D eigenvalue weighted by Crippen LogP contribution is -2.39. The quantitative estimate of drug-likeness (QED) is 0.444. The number of para-hydroxylation sites is 1. The van der Waals surface area contributed by atoms with Crippen LogP contribution >= 0.6 is 0 Å². The van der Waals surface area contributed by atoms with Crippen LogP contribution in [0.5, 0.6) is 17.2 Å². The van der Waals surface area contributed by atoms with Crippen molar-refractivity contribution in [1.82, 2.24) is 16.0 Å². The highest BCUT2D eigenvalue weighted by Crippen LogP contribution is 2.38. The van der Waals surface area contributed by atoms with E-state index in [1.54, 1.807) is 6.07 Å². The van der Waals surface area contributed by atoms with Crippen LogP contribution in [-0.2, 0) is 0 Å². The number of hydrogen-bond acceptors (Lipinski definition) is 6. The van der Waals surface area contributed by atoms with E-state index in [1.807, 2.05) is 0 Å². The molecular weight excluding hydrogens is 462 g/mol. The molecule has 3 amide bonds. The standard InChI is InChI=1S/C27H39N3O6/c31-25(28-19-11-4-1-5-12-19)34-22-17-10-18-23(35-26(32)29-20-13-6-2-7-14-20)24(22)36-27(33)30-21-15-8-3-9-16-21/h10,17-21H,1-9,11-16H2,(H,28,31)(H,29,32)(H,30,33). The van der Waals surface area contributed by atoms with Gasteiger partial charge < -0.3 is 30.2 Å². The van der Waals surface area contributed by atoms with Gasteiger partial charge in [0.25, 0.3) is 0 Å². The summed E-state index contributed by atoms with van der Waals surface area (Å²) < 4.78 is 16.7. The van der Waals surface area contributed by atoms with Gasteiger partial charge in [-0.3, -0.25) is 0 Å². The minimum atomic E-state index is -0.664. The van der Waals surface area contributed by atoms with Crippen molar-refractivity contribution in [3.05, 3.63) is 18.2 Å². The fraction of sp³-hybridized carbons (Fsp3) is 0.667. The summed E-state index contributed by atoms with van der Waals surface area (Å²) in [5, 5.41) is 8.67. The highest BCUT2D eigenvalue weighted by molar-refractivity contribution is 5.78. The number of nitrogens with one attached hydrogen (secondary N) is 3. The Bertz CT molecular complexity index is 837. The van der Waals surface area contributed by atoms with Crippen molar-refractivity contribution in [1.29, 1.82) is 0 Å². The van der Waals surface area contributed by atoms with E-state index in [9.17, 15) is 14.4 Å². The van der Waals surface area contributed by atoms with Crippen LogP contribution in [0, 0.1) is 0 Å². The largest absolute Gasteiger partial charge is 0.413 e. The molecule has 0 bridgehead atoms. The van der Waals surface area contributed by atoms with Gasteiger partial charge in [0, 0.05) is 18.1 Å². The van der Waals surface area contributed by atoms with Crippen molar-refractivity contribution >= 4 is 18.3 Å². The van der Waals surface area contributed by atoms with Gasteiger partial charge in [0.2, 0.25) is 5.75 Å². The van der Waals surface area contributed by atoms with Crippen LogP contribution in [0.3, 0.4) is 0 Å². The first-order valence-corrected chi connectivity index (χ1v) is 13.6. The molecule has 3 aliphatic carbocycles. The van der Waals surface area contributed by atoms with Gasteiger partial charge in [-0.2, -0.15) is 0 Å². The van der Waals surface area contributed by atoms with E-state index in [2.05, 4.69) is 16.0 Å². The zero-order valence-corrected chi connectivity index (χ0v) is 21.0. The van der Waals surface area contributed by atoms with E-state index in [0.717, 1.165) is 83.5 Å². The molecule has 0 unspecified atom stereocenters. The van der Waals surface area contributed by atoms with E-state index in [1.165, 1.54) is 25.0 Å². The molecule has 198 valence electrons. The smallest absolute Gasteiger partial charge is 0.406 e. The molecule has 3 aliphatic rings. The Morgan fingerprint density at radius 1 is 0.528 bits per heavy atom. The molecule has 4 rings (SSSR count). The number of rotatable bonds is 6. The lowest BCUT2D eigenvalue weighted by molar-refractivity contribution is 0.175. The van der Waals surface area contributed by atoms with E-state index in [-0.39, 0.29) is 35.4 Å². The Morgan fingerprint density at radius 3 is 1.22 bits per heavy atom. The molecule has 3 saturated carbocycles. The highest BCUT2D eigenvalue weighted by Gasteiger charge is 2.25. The Labute approximate surface area is 213 Å². The summed E-state index contributed by atoms with van der Waals surface area (Å²) in [4.78, 5) is 38.0. The van der Waals surface area contributed by atoms with Gasteiger partial charge in [0.05, 0.1) is 0 Å². The van der Waals surface area contributed by atoms with E-state index in [0.29, 0.717) is 0 Å². The van der Waals surface area contributed by atoms with E-state index in [4.69, 9.17) is 14.2 Å². The first-order chi connectivity index (χ1) is 17.6. The highest BCUT2D eigenvalue weighted by atomic mass is 16.6. The maximum absolute atomic E-state index is 12.7. The number of ether oxygens (including phenoxy) is 3. The molecule has 36 heavy (non-hydrogen) atoms. The fourth-order valence-corrected chi connectivity index (χ4v) is 5.38. The maximum atomic E-state index is 12.7. The number of carbonyl (C=O) groups excluding carboxylic acids is 3. The second-order valence-electron chi connectivity index (χ2n) is 10.2. The van der Waals surface area contributed by atoms with Crippen LogP contribution in [-0.4, -0.2) is 36.4 Å². The van der Waals surface area contributed by atoms with Gasteiger partial charge >= 0.3 is 18.3 Å². The van der Waals surface area contributed by atoms with Gasteiger partial charge in [-0.15, -0.1) is 0 Å². The average molecular weight is 502 g/mol. The first-order valence-electron chi connectivity index (χ1n) is 13.6. The molecule has 0 radical (unpaired) electrons. The normalized spacial score (nSPS) is 19.7. The SMILES string of the molecule is O=C(NC1CCCCC1)Oc1cccc(OC(=O)NC2CCCCC2)c1OC(=O)NC1CCCCC1. The van der Waals surface area contributed by atoms with Crippen molar-refractivity contribution < 1.29 is 28.6 Å². The third-order valence-electron chi connectivity index (χ3n) is 7.32. The Kier molecular flexibility index (Phi) is 9.69. The summed E-state index contributed by atoms with van der Waals surface area (Å²) >= 11 is 0. The monoisotopic (exact) mass is 501 g/mol. The molecule has 3 N–H and O–H groups in total. The molecule has 1 aromatic rings. The van der Waals surface area contributed by atoms with Crippen molar-refractivity contribution in [2.45, 2.75) is 114 Å². The van der Waals surface area contributed by atoms with Gasteiger partial charge in [0.15, 0.2) is 11.5 Å². The van der Waals surface area contributed by atoms with Crippen molar-refractivity contribution in [3.63, 3.8) is 0 Å². The van der Waals surface area contributed by atoms with Gasteiger partial charge in [-0.05, 0) is 50.7 Å². The van der Waals surface area contributed by atoms with E-state index >= 15 is 0 Å². The Morgan fingerprint density at radius 2 is 0.861 bits per heavy atom. The second-order valence-corrected chi connectivity index (χ2v) is 10.2. The van der Waals surface area contributed by atoms with Gasteiger partial charge in [-0.1, -0.05) is 63.9 Å². The summed E-state index contributed by atoms with van der Waals surface area (Å²) in [5.74, 6) is -0.0569. The summed E-state index contributed by atoms with van der Waals surface area (Å²) in [5.41, 5.74) is 0. The molecule has 0 spiro atoms. The van der Waals surface area contributed by atoms with E-state index < -0.39 is 18.3 Å². The first kappa shape index (κ1) is 26.1. The number of benzene rings is 1. The molecule has 0 aromatic heterocycles. The maximum Gasteiger partial charge on any atom is 0.413 e. The van der Waals surface area contributed by atoms with Gasteiger partial charge in [-0.25, -0.2) is 14.4 Å². The lowest BCUT2D eigenvalue weighted by Gasteiger charge is -2.24. The second kappa shape index (κ2) is 13.4. The molecular formula is C27H39N3O6. The number of hydrogen-bond donors (Lipinski definition) is 3. The summed E-state index contributed by atoms with van der Waals surface area (Å²) in [7, 11) is 0. The molecule has 0 aliphatic heterocycles. The predicted octanol–water partition coefficient (Wildman–Crippen LogP) is 5.95. The third-order valence-corrected chi connectivity index (χ3v) is 7.32. The van der Waals surface area contributed by atoms with Gasteiger partial charge in [0.1, 0.15) is 0 Å². The summed E-state index contributed by atoms with van der Waals surface area (Å²) in [6.07, 6.45) is 13.4. The molecule has 3 fully saturated rings. The zero-order valence-electron chi connectivity index (χ0n) is 21.0. The topological polar surface area (TPSA) is 115 Å². The van der Waals surface area contributed by atoms with Crippen LogP contribution in [0.15, 0.2) is 18.2 Å². The molecule has 0 saturated heterocycles. The van der Waals surface area contributed by atoms with Crippen LogP contribution in [0.4, 0.5) is 14.4 Å². The summed E-state index contributed by atoms with van der Waals surface area (Å²) in [6, 6.07) is 4.80. The molecule has 1 aromatic carbocycles. The molecule has 0 atom stereocenters. The van der Waals surface area contributed by atoms with Crippen LogP contribution < -0.4 is 30.2 Å². The summed E-state index contributed by atoms with van der Waals surface area (Å²) in [6.45, 7) is 0. The van der Waals surface area contributed by atoms with Crippen LogP contribution in [0.25, 0.3) is 0 Å². The minimum absolute atomic E-state index is 0.0186. The Balaban J connectivity index is 1.45. The predicted molar refractivity (Wildman–Crippen MR) is 135 cm³/mol. The third kappa shape index (κ3) is 8.03. The molecule has 9 nitrogen and oxygen atoms in total. The van der Waals surface area contributed by atoms with Crippen molar-refractivity contribution in [3.8, 4) is 17.2 Å². The Hall–Kier alpha value is -2.97. The average Bonchev–Trinajstić information content (AvgIpc) is 2.87. The lowest BCUT2D eigenvalue weighted by atomic mass is 9.96. The van der Waals surface area contributed by atoms with Crippen molar-refractivity contribution in [2.24, 2.45) is 0 Å². The number of amides is 3. The number of carbonyl (C=O) groups is 3. The fourth-order valence-electron chi connectivity index (χ4n) is 5.38. The molecule has 9 heteroatoms.